The zero-order valence-electron chi connectivity index (χ0n) is 14.3. The minimum Gasteiger partial charge on any atom is -0.493 e. The van der Waals surface area contributed by atoms with E-state index >= 15 is 0 Å². The largest absolute Gasteiger partial charge is 0.493 e. The molecule has 0 atom stereocenters. The molecule has 0 bridgehead atoms. The van der Waals surface area contributed by atoms with Crippen molar-refractivity contribution in [2.45, 2.75) is 32.2 Å². The number of para-hydroxylation sites is 1. The van der Waals surface area contributed by atoms with Gasteiger partial charge in [-0.2, -0.15) is 0 Å². The molecule has 0 fully saturated rings. The summed E-state index contributed by atoms with van der Waals surface area (Å²) in [5.74, 6) is -0.955. The van der Waals surface area contributed by atoms with Gasteiger partial charge in [0.25, 0.3) is 5.91 Å². The fraction of sp³-hybridized carbons (Fsp3) is 0.300. The molecule has 25 heavy (non-hydrogen) atoms. The van der Waals surface area contributed by atoms with Crippen LogP contribution in [-0.4, -0.2) is 29.1 Å². The highest BCUT2D eigenvalue weighted by Crippen LogP contribution is 2.32. The van der Waals surface area contributed by atoms with Crippen LogP contribution in [0.4, 0.5) is 0 Å². The molecule has 2 aromatic carbocycles. The van der Waals surface area contributed by atoms with Gasteiger partial charge >= 0.3 is 5.97 Å². The Bertz CT molecular complexity index is 803. The van der Waals surface area contributed by atoms with Gasteiger partial charge in [0, 0.05) is 12.8 Å². The van der Waals surface area contributed by atoms with Crippen molar-refractivity contribution < 1.29 is 19.4 Å². The molecule has 1 aliphatic carbocycles. The molecule has 0 heterocycles. The van der Waals surface area contributed by atoms with Crippen molar-refractivity contribution in [1.29, 1.82) is 0 Å². The topological polar surface area (TPSA) is 75.6 Å². The summed E-state index contributed by atoms with van der Waals surface area (Å²) in [5.41, 5.74) is 1.79. The second-order valence-electron chi connectivity index (χ2n) is 6.35. The number of nitrogens with one attached hydrogen (secondary N) is 1. The van der Waals surface area contributed by atoms with Crippen LogP contribution in [-0.2, 0) is 17.6 Å². The average Bonchev–Trinajstić information content (AvgIpc) is 2.96. The molecule has 1 amide bonds. The second-order valence-corrected chi connectivity index (χ2v) is 6.35. The Hall–Kier alpha value is -2.82. The standard InChI is InChI=1S/C20H21NO4/c1-3-25-17-13(2)7-6-10-16(17)18(22)21-20(19(23)24)11-14-8-4-5-9-15(14)12-20/h4-10H,3,11-12H2,1-2H3,(H,21,22)(H,23,24). The average molecular weight is 339 g/mol. The summed E-state index contributed by atoms with van der Waals surface area (Å²) < 4.78 is 5.60. The number of amides is 1. The first-order chi connectivity index (χ1) is 12.0. The Balaban J connectivity index is 1.92. The van der Waals surface area contributed by atoms with Crippen molar-refractivity contribution in [3.8, 4) is 5.75 Å². The number of fused-ring (bicyclic) bond motifs is 1. The predicted octanol–water partition coefficient (Wildman–Crippen LogP) is 2.75. The Morgan fingerprint density at radius 1 is 1.12 bits per heavy atom. The van der Waals surface area contributed by atoms with Crippen LogP contribution in [0.15, 0.2) is 42.5 Å². The van der Waals surface area contributed by atoms with Crippen LogP contribution in [0, 0.1) is 6.92 Å². The number of carbonyl (C=O) groups excluding carboxylic acids is 1. The molecule has 2 aromatic rings. The summed E-state index contributed by atoms with van der Waals surface area (Å²) in [6.07, 6.45) is 0.556. The Morgan fingerprint density at radius 3 is 2.32 bits per heavy atom. The number of rotatable bonds is 5. The van der Waals surface area contributed by atoms with Crippen molar-refractivity contribution in [2.75, 3.05) is 6.61 Å². The fourth-order valence-electron chi connectivity index (χ4n) is 3.36. The third-order valence-corrected chi connectivity index (χ3v) is 4.61. The summed E-state index contributed by atoms with van der Waals surface area (Å²) in [7, 11) is 0. The van der Waals surface area contributed by atoms with Crippen molar-refractivity contribution >= 4 is 11.9 Å². The molecule has 0 saturated carbocycles. The van der Waals surface area contributed by atoms with Crippen LogP contribution in [0.3, 0.4) is 0 Å². The van der Waals surface area contributed by atoms with Crippen molar-refractivity contribution in [3.05, 3.63) is 64.7 Å². The number of hydrogen-bond acceptors (Lipinski definition) is 3. The number of aliphatic carboxylic acids is 1. The molecule has 2 N–H and O–H groups in total. The third kappa shape index (κ3) is 3.09. The summed E-state index contributed by atoms with van der Waals surface area (Å²) in [4.78, 5) is 24.8. The zero-order chi connectivity index (χ0) is 18.0. The molecule has 0 radical (unpaired) electrons. The molecule has 0 aromatic heterocycles. The molecule has 0 spiro atoms. The van der Waals surface area contributed by atoms with Crippen LogP contribution in [0.2, 0.25) is 0 Å². The van der Waals surface area contributed by atoms with Crippen LogP contribution < -0.4 is 10.1 Å². The van der Waals surface area contributed by atoms with E-state index in [2.05, 4.69) is 5.32 Å². The molecular formula is C20H21NO4. The summed E-state index contributed by atoms with van der Waals surface area (Å²) in [6.45, 7) is 4.14. The lowest BCUT2D eigenvalue weighted by atomic mass is 9.95. The Morgan fingerprint density at radius 2 is 1.76 bits per heavy atom. The number of carboxylic acids is 1. The normalized spacial score (nSPS) is 14.6. The number of hydrogen-bond donors (Lipinski definition) is 2. The second kappa shape index (κ2) is 6.59. The molecule has 5 nitrogen and oxygen atoms in total. The minimum atomic E-state index is -1.33. The van der Waals surface area contributed by atoms with E-state index in [0.29, 0.717) is 17.9 Å². The lowest BCUT2D eigenvalue weighted by Gasteiger charge is -2.26. The summed E-state index contributed by atoms with van der Waals surface area (Å²) >= 11 is 0. The summed E-state index contributed by atoms with van der Waals surface area (Å²) in [6, 6.07) is 12.9. The highest BCUT2D eigenvalue weighted by atomic mass is 16.5. The minimum absolute atomic E-state index is 0.278. The monoisotopic (exact) mass is 339 g/mol. The van der Waals surface area contributed by atoms with E-state index in [0.717, 1.165) is 16.7 Å². The van der Waals surface area contributed by atoms with E-state index in [-0.39, 0.29) is 12.8 Å². The molecule has 5 heteroatoms. The maximum Gasteiger partial charge on any atom is 0.330 e. The van der Waals surface area contributed by atoms with Gasteiger partial charge in [0.15, 0.2) is 0 Å². The summed E-state index contributed by atoms with van der Waals surface area (Å²) in [5, 5.41) is 12.6. The molecule has 3 rings (SSSR count). The number of ether oxygens (including phenoxy) is 1. The highest BCUT2D eigenvalue weighted by Gasteiger charge is 2.45. The van der Waals surface area contributed by atoms with Crippen LogP contribution in [0.25, 0.3) is 0 Å². The van der Waals surface area contributed by atoms with E-state index in [1.54, 1.807) is 12.1 Å². The van der Waals surface area contributed by atoms with E-state index in [9.17, 15) is 14.7 Å². The number of carbonyl (C=O) groups is 2. The maximum absolute atomic E-state index is 12.9. The fourth-order valence-corrected chi connectivity index (χ4v) is 3.36. The van der Waals surface area contributed by atoms with Crippen LogP contribution in [0.1, 0.15) is 34.0 Å². The van der Waals surface area contributed by atoms with Gasteiger partial charge in [0.1, 0.15) is 11.3 Å². The van der Waals surface area contributed by atoms with Gasteiger partial charge in [0.2, 0.25) is 0 Å². The lowest BCUT2D eigenvalue weighted by molar-refractivity contribution is -0.144. The SMILES string of the molecule is CCOc1c(C)cccc1C(=O)NC1(C(=O)O)Cc2ccccc2C1. The molecule has 0 saturated heterocycles. The maximum atomic E-state index is 12.9. The number of carboxylic acid groups (broad SMARTS) is 1. The Kier molecular flexibility index (Phi) is 4.49. The molecule has 0 aliphatic heterocycles. The first-order valence-corrected chi connectivity index (χ1v) is 8.32. The van der Waals surface area contributed by atoms with Crippen molar-refractivity contribution in [2.24, 2.45) is 0 Å². The molecule has 130 valence electrons. The molecule has 1 aliphatic rings. The van der Waals surface area contributed by atoms with Gasteiger partial charge in [-0.05, 0) is 36.6 Å². The van der Waals surface area contributed by atoms with Crippen molar-refractivity contribution in [1.82, 2.24) is 5.32 Å². The molecule has 0 unspecified atom stereocenters. The Labute approximate surface area is 146 Å². The van der Waals surface area contributed by atoms with E-state index in [1.807, 2.05) is 44.2 Å². The van der Waals surface area contributed by atoms with Gasteiger partial charge in [-0.25, -0.2) is 4.79 Å². The zero-order valence-corrected chi connectivity index (χ0v) is 14.3. The first-order valence-electron chi connectivity index (χ1n) is 8.32. The smallest absolute Gasteiger partial charge is 0.330 e. The van der Waals surface area contributed by atoms with Gasteiger partial charge in [0.05, 0.1) is 12.2 Å². The first kappa shape index (κ1) is 17.0. The molecular weight excluding hydrogens is 318 g/mol. The quantitative estimate of drug-likeness (QED) is 0.878. The predicted molar refractivity (Wildman–Crippen MR) is 94.0 cm³/mol. The van der Waals surface area contributed by atoms with Gasteiger partial charge in [-0.15, -0.1) is 0 Å². The van der Waals surface area contributed by atoms with E-state index in [1.165, 1.54) is 0 Å². The van der Waals surface area contributed by atoms with Gasteiger partial charge < -0.3 is 15.2 Å². The van der Waals surface area contributed by atoms with Crippen LogP contribution in [0.5, 0.6) is 5.75 Å². The number of benzene rings is 2. The van der Waals surface area contributed by atoms with Gasteiger partial charge in [-0.3, -0.25) is 4.79 Å². The third-order valence-electron chi connectivity index (χ3n) is 4.61. The van der Waals surface area contributed by atoms with E-state index in [4.69, 9.17) is 4.74 Å². The number of aryl methyl sites for hydroxylation is 1. The van der Waals surface area contributed by atoms with Crippen molar-refractivity contribution in [3.63, 3.8) is 0 Å². The highest BCUT2D eigenvalue weighted by molar-refractivity contribution is 6.00. The lowest BCUT2D eigenvalue weighted by Crippen LogP contribution is -2.55. The van der Waals surface area contributed by atoms with Crippen LogP contribution >= 0.6 is 0 Å². The van der Waals surface area contributed by atoms with Gasteiger partial charge in [-0.1, -0.05) is 36.4 Å². The van der Waals surface area contributed by atoms with E-state index < -0.39 is 17.4 Å².